The third-order valence-electron chi connectivity index (χ3n) is 5.75. The fourth-order valence-corrected chi connectivity index (χ4v) is 3.96. The van der Waals surface area contributed by atoms with E-state index in [9.17, 15) is 8.78 Å². The van der Waals surface area contributed by atoms with Crippen LogP contribution in [-0.4, -0.2) is 54.6 Å². The lowest BCUT2D eigenvalue weighted by molar-refractivity contribution is 0.233. The molecule has 2 N–H and O–H groups in total. The lowest BCUT2D eigenvalue weighted by Crippen LogP contribution is -2.08. The molecule has 0 aliphatic rings. The third-order valence-corrected chi connectivity index (χ3v) is 5.75. The molecular formula is C27H25F2N7O3. The van der Waals surface area contributed by atoms with Crippen LogP contribution in [0, 0.1) is 11.6 Å². The van der Waals surface area contributed by atoms with E-state index in [0.29, 0.717) is 47.0 Å². The first-order valence-corrected chi connectivity index (χ1v) is 12.3. The first-order chi connectivity index (χ1) is 19.1. The second-order valence-corrected chi connectivity index (χ2v) is 8.37. The lowest BCUT2D eigenvalue weighted by Gasteiger charge is -2.12. The highest BCUT2D eigenvalue weighted by Crippen LogP contribution is 2.31. The Bertz CT molecular complexity index is 1560. The Kier molecular flexibility index (Phi) is 7.83. The minimum atomic E-state index is -0.725. The van der Waals surface area contributed by atoms with Gasteiger partial charge in [0.1, 0.15) is 35.2 Å². The molecule has 10 nitrogen and oxygen atoms in total. The van der Waals surface area contributed by atoms with Gasteiger partial charge in [0.25, 0.3) is 0 Å². The van der Waals surface area contributed by atoms with Crippen LogP contribution < -0.4 is 14.8 Å². The number of ether oxygens (including phenoxy) is 2. The average Bonchev–Trinajstić information content (AvgIpc) is 3.31. The van der Waals surface area contributed by atoms with Gasteiger partial charge in [-0.15, -0.1) is 0 Å². The van der Waals surface area contributed by atoms with Gasteiger partial charge in [-0.3, -0.25) is 4.68 Å². The Morgan fingerprint density at radius 1 is 1.05 bits per heavy atom. The molecule has 0 atom stereocenters. The van der Waals surface area contributed by atoms with Gasteiger partial charge >= 0.3 is 0 Å². The number of nitrogens with one attached hydrogen (secondary N) is 1. The van der Waals surface area contributed by atoms with Gasteiger partial charge in [-0.25, -0.2) is 28.7 Å². The first-order valence-electron chi connectivity index (χ1n) is 12.3. The Morgan fingerprint density at radius 3 is 2.62 bits per heavy atom. The molecule has 5 aromatic rings. The minimum absolute atomic E-state index is 0.0212. The molecule has 0 amide bonds. The van der Waals surface area contributed by atoms with Gasteiger partial charge in [-0.2, -0.15) is 5.10 Å². The van der Waals surface area contributed by atoms with Gasteiger partial charge in [-0.1, -0.05) is 18.2 Å². The summed E-state index contributed by atoms with van der Waals surface area (Å²) in [5.74, 6) is 0.114. The summed E-state index contributed by atoms with van der Waals surface area (Å²) >= 11 is 0. The van der Waals surface area contributed by atoms with Gasteiger partial charge in [0.2, 0.25) is 0 Å². The molecule has 0 radical (unpaired) electrons. The molecular weight excluding hydrogens is 508 g/mol. The number of benzene rings is 2. The Balaban J connectivity index is 1.54. The maximum Gasteiger partial charge on any atom is 0.183 e. The number of para-hydroxylation sites is 1. The van der Waals surface area contributed by atoms with E-state index in [1.54, 1.807) is 19.2 Å². The van der Waals surface area contributed by atoms with Gasteiger partial charge in [-0.05, 0) is 19.1 Å². The average molecular weight is 534 g/mol. The lowest BCUT2D eigenvalue weighted by atomic mass is 10.1. The molecule has 39 heavy (non-hydrogen) atoms. The van der Waals surface area contributed by atoms with Crippen molar-refractivity contribution in [1.82, 2.24) is 29.7 Å². The molecule has 0 aliphatic carbocycles. The zero-order valence-electron chi connectivity index (χ0n) is 21.0. The minimum Gasteiger partial charge on any atom is -0.494 e. The maximum atomic E-state index is 14.8. The number of hydrogen-bond acceptors (Lipinski definition) is 9. The molecule has 3 heterocycles. The van der Waals surface area contributed by atoms with E-state index in [2.05, 4.69) is 30.4 Å². The van der Waals surface area contributed by atoms with Crippen molar-refractivity contribution in [2.75, 3.05) is 25.1 Å². The van der Waals surface area contributed by atoms with Gasteiger partial charge < -0.3 is 19.9 Å². The highest BCUT2D eigenvalue weighted by Gasteiger charge is 2.20. The number of aliphatic hydroxyl groups excluding tert-OH is 1. The van der Waals surface area contributed by atoms with Crippen molar-refractivity contribution in [1.29, 1.82) is 0 Å². The molecule has 0 saturated heterocycles. The van der Waals surface area contributed by atoms with E-state index in [4.69, 9.17) is 14.6 Å². The van der Waals surface area contributed by atoms with E-state index in [-0.39, 0.29) is 36.9 Å². The highest BCUT2D eigenvalue weighted by atomic mass is 19.1. The van der Waals surface area contributed by atoms with E-state index in [1.165, 1.54) is 17.2 Å². The second kappa shape index (κ2) is 11.8. The van der Waals surface area contributed by atoms with Crippen molar-refractivity contribution in [3.63, 3.8) is 0 Å². The normalized spacial score (nSPS) is 11.1. The molecule has 0 spiro atoms. The van der Waals surface area contributed by atoms with Crippen molar-refractivity contribution in [2.45, 2.75) is 19.9 Å². The highest BCUT2D eigenvalue weighted by molar-refractivity contribution is 5.92. The van der Waals surface area contributed by atoms with Crippen LogP contribution in [0.4, 0.5) is 20.4 Å². The van der Waals surface area contributed by atoms with Crippen molar-refractivity contribution in [3.05, 3.63) is 78.4 Å². The largest absolute Gasteiger partial charge is 0.494 e. The molecule has 0 bridgehead atoms. The second-order valence-electron chi connectivity index (χ2n) is 8.37. The molecule has 3 aromatic heterocycles. The van der Waals surface area contributed by atoms with Crippen LogP contribution in [-0.2, 0) is 6.54 Å². The summed E-state index contributed by atoms with van der Waals surface area (Å²) in [5.41, 5.74) is 0.931. The van der Waals surface area contributed by atoms with Crippen molar-refractivity contribution in [3.8, 4) is 23.0 Å². The summed E-state index contributed by atoms with van der Waals surface area (Å²) in [4.78, 5) is 17.2. The Hall–Kier alpha value is -4.71. The van der Waals surface area contributed by atoms with Gasteiger partial charge in [0.05, 0.1) is 31.5 Å². The smallest absolute Gasteiger partial charge is 0.183 e. The summed E-state index contributed by atoms with van der Waals surface area (Å²) in [6, 6.07) is 11.3. The number of fused-ring (bicyclic) bond motifs is 1. The summed E-state index contributed by atoms with van der Waals surface area (Å²) in [6.07, 6.45) is 4.91. The SMILES string of the molecule is CCOc1cc(F)c(Cn2nc(-c3ncc(OCCCO)c(Nc4ccncn4)n3)c3ccccc32)c(F)c1. The standard InChI is InChI=1S/C27H25F2N7O3/c1-2-38-17-12-20(28)19(21(29)13-17)15-36-22-7-4-3-6-18(22)25(35-36)27-31-14-23(39-11-5-10-37)26(34-27)33-24-8-9-30-16-32-24/h3-4,6-9,12-14,16,37H,2,5,10-11,15H2,1H3,(H,30,31,32,33,34). The van der Waals surface area contributed by atoms with E-state index >= 15 is 0 Å². The molecule has 0 saturated carbocycles. The van der Waals surface area contributed by atoms with E-state index in [1.807, 2.05) is 24.3 Å². The molecule has 0 aliphatic heterocycles. The van der Waals surface area contributed by atoms with Crippen LogP contribution in [0.1, 0.15) is 18.9 Å². The summed E-state index contributed by atoms with van der Waals surface area (Å²) < 4.78 is 42.2. The van der Waals surface area contributed by atoms with Crippen molar-refractivity contribution < 1.29 is 23.4 Å². The molecule has 0 fully saturated rings. The van der Waals surface area contributed by atoms with E-state index in [0.717, 1.165) is 12.1 Å². The van der Waals surface area contributed by atoms with Crippen LogP contribution in [0.2, 0.25) is 0 Å². The monoisotopic (exact) mass is 533 g/mol. The van der Waals surface area contributed by atoms with Crippen LogP contribution in [0.3, 0.4) is 0 Å². The van der Waals surface area contributed by atoms with Gasteiger partial charge in [0, 0.05) is 42.3 Å². The number of aliphatic hydroxyl groups is 1. The predicted molar refractivity (Wildman–Crippen MR) is 140 cm³/mol. The number of hydrogen-bond donors (Lipinski definition) is 2. The summed E-state index contributed by atoms with van der Waals surface area (Å²) in [6.45, 7) is 2.12. The summed E-state index contributed by atoms with van der Waals surface area (Å²) in [7, 11) is 0. The van der Waals surface area contributed by atoms with E-state index < -0.39 is 11.6 Å². The third kappa shape index (κ3) is 5.75. The molecule has 5 rings (SSSR count). The Labute approximate surface area is 222 Å². The van der Waals surface area contributed by atoms with Crippen LogP contribution in [0.15, 0.2) is 61.2 Å². The van der Waals surface area contributed by atoms with Crippen LogP contribution >= 0.6 is 0 Å². The number of rotatable bonds is 11. The topological polar surface area (TPSA) is 120 Å². The van der Waals surface area contributed by atoms with Crippen LogP contribution in [0.25, 0.3) is 22.4 Å². The predicted octanol–water partition coefficient (Wildman–Crippen LogP) is 4.51. The zero-order valence-corrected chi connectivity index (χ0v) is 21.0. The molecule has 2 aromatic carbocycles. The fourth-order valence-electron chi connectivity index (χ4n) is 3.96. The molecule has 0 unspecified atom stereocenters. The van der Waals surface area contributed by atoms with Crippen molar-refractivity contribution in [2.24, 2.45) is 0 Å². The van der Waals surface area contributed by atoms with Crippen LogP contribution in [0.5, 0.6) is 11.5 Å². The number of aromatic nitrogens is 6. The number of nitrogens with zero attached hydrogens (tertiary/aromatic N) is 6. The first kappa shape index (κ1) is 25.9. The zero-order chi connectivity index (χ0) is 27.2. The number of halogens is 2. The van der Waals surface area contributed by atoms with Gasteiger partial charge in [0.15, 0.2) is 17.4 Å². The van der Waals surface area contributed by atoms with Crippen molar-refractivity contribution >= 4 is 22.5 Å². The fraction of sp³-hybridized carbons (Fsp3) is 0.222. The maximum absolute atomic E-state index is 14.8. The summed E-state index contributed by atoms with van der Waals surface area (Å²) in [5, 5.41) is 17.6. The quantitative estimate of drug-likeness (QED) is 0.236. The number of anilines is 2. The molecule has 12 heteroatoms. The molecule has 200 valence electrons. The Morgan fingerprint density at radius 2 is 1.87 bits per heavy atom.